The van der Waals surface area contributed by atoms with Gasteiger partial charge in [0, 0.05) is 13.2 Å². The van der Waals surface area contributed by atoms with Gasteiger partial charge in [0.05, 0.1) is 7.11 Å². The Morgan fingerprint density at radius 3 is 2.00 bits per heavy atom. The van der Waals surface area contributed by atoms with Crippen molar-refractivity contribution < 1.29 is 18.9 Å². The van der Waals surface area contributed by atoms with Gasteiger partial charge in [-0.15, -0.1) is 6.42 Å². The van der Waals surface area contributed by atoms with E-state index in [0.717, 1.165) is 5.75 Å². The van der Waals surface area contributed by atoms with Gasteiger partial charge in [-0.2, -0.15) is 0 Å². The maximum Gasteiger partial charge on any atom is 0.268 e. The first kappa shape index (κ1) is 15.4. The van der Waals surface area contributed by atoms with Crippen molar-refractivity contribution >= 4 is 0 Å². The molecule has 0 spiro atoms. The molecule has 1 rings (SSSR count). The molecule has 1 aromatic carbocycles. The summed E-state index contributed by atoms with van der Waals surface area (Å²) in [4.78, 5) is 0. The lowest BCUT2D eigenvalue weighted by molar-refractivity contribution is -0.207. The van der Waals surface area contributed by atoms with E-state index in [1.54, 1.807) is 19.2 Å². The zero-order valence-corrected chi connectivity index (χ0v) is 11.6. The summed E-state index contributed by atoms with van der Waals surface area (Å²) < 4.78 is 21.7. The topological polar surface area (TPSA) is 36.9 Å². The molecule has 0 atom stereocenters. The number of methoxy groups -OCH3 is 1. The van der Waals surface area contributed by atoms with E-state index in [9.17, 15) is 0 Å². The van der Waals surface area contributed by atoms with Crippen LogP contribution < -0.4 is 9.47 Å². The molecule has 0 unspecified atom stereocenters. The van der Waals surface area contributed by atoms with E-state index in [0.29, 0.717) is 19.0 Å². The van der Waals surface area contributed by atoms with Crippen molar-refractivity contribution in [1.82, 2.24) is 0 Å². The Morgan fingerprint density at radius 1 is 1.05 bits per heavy atom. The standard InChI is InChI=1S/C15H20O4/c1-5-15(18-6-2,19-7-3)12-17-14-10-8-13(16-4)9-11-14/h1,8-11H,6-7,12H2,2-4H3. The van der Waals surface area contributed by atoms with Crippen molar-refractivity contribution in [3.63, 3.8) is 0 Å². The molecule has 0 aliphatic rings. The van der Waals surface area contributed by atoms with Gasteiger partial charge >= 0.3 is 0 Å². The highest BCUT2D eigenvalue weighted by Gasteiger charge is 2.30. The van der Waals surface area contributed by atoms with Gasteiger partial charge in [-0.25, -0.2) is 0 Å². The molecular weight excluding hydrogens is 244 g/mol. The SMILES string of the molecule is C#CC(COc1ccc(OC)cc1)(OCC)OCC. The third-order valence-corrected chi connectivity index (χ3v) is 2.46. The molecule has 0 radical (unpaired) electrons. The summed E-state index contributed by atoms with van der Waals surface area (Å²) in [6.45, 7) is 4.76. The van der Waals surface area contributed by atoms with Crippen LogP contribution in [0.5, 0.6) is 11.5 Å². The van der Waals surface area contributed by atoms with Crippen LogP contribution in [0.4, 0.5) is 0 Å². The molecule has 0 heterocycles. The average Bonchev–Trinajstić information content (AvgIpc) is 2.46. The van der Waals surface area contributed by atoms with Gasteiger partial charge in [0.15, 0.2) is 6.61 Å². The fourth-order valence-electron chi connectivity index (χ4n) is 1.57. The molecule has 4 nitrogen and oxygen atoms in total. The molecule has 0 bridgehead atoms. The monoisotopic (exact) mass is 264 g/mol. The third kappa shape index (κ3) is 4.47. The maximum atomic E-state index is 5.62. The van der Waals surface area contributed by atoms with Gasteiger partial charge in [0.1, 0.15) is 11.5 Å². The molecule has 19 heavy (non-hydrogen) atoms. The van der Waals surface area contributed by atoms with Crippen LogP contribution in [-0.2, 0) is 9.47 Å². The second kappa shape index (κ2) is 7.67. The third-order valence-electron chi connectivity index (χ3n) is 2.46. The minimum Gasteiger partial charge on any atom is -0.497 e. The van der Waals surface area contributed by atoms with Crippen molar-refractivity contribution in [2.45, 2.75) is 19.6 Å². The van der Waals surface area contributed by atoms with E-state index in [4.69, 9.17) is 25.4 Å². The van der Waals surface area contributed by atoms with Crippen LogP contribution in [0.3, 0.4) is 0 Å². The summed E-state index contributed by atoms with van der Waals surface area (Å²) in [5.74, 6) is 2.83. The van der Waals surface area contributed by atoms with Gasteiger partial charge in [-0.05, 0) is 44.0 Å². The molecule has 0 aliphatic heterocycles. The first-order chi connectivity index (χ1) is 9.19. The van der Waals surface area contributed by atoms with Gasteiger partial charge in [0.2, 0.25) is 0 Å². The number of hydrogen-bond acceptors (Lipinski definition) is 4. The number of rotatable bonds is 8. The molecule has 0 N–H and O–H groups in total. The van der Waals surface area contributed by atoms with E-state index in [1.807, 2.05) is 26.0 Å². The zero-order chi connectivity index (χ0) is 14.1. The summed E-state index contributed by atoms with van der Waals surface area (Å²) in [5.41, 5.74) is 0. The molecular formula is C15H20O4. The summed E-state index contributed by atoms with van der Waals surface area (Å²) in [7, 11) is 1.61. The van der Waals surface area contributed by atoms with Gasteiger partial charge < -0.3 is 18.9 Å². The lowest BCUT2D eigenvalue weighted by Gasteiger charge is -2.27. The Hall–Kier alpha value is -1.70. The van der Waals surface area contributed by atoms with Gasteiger partial charge in [0.25, 0.3) is 5.79 Å². The van der Waals surface area contributed by atoms with Crippen molar-refractivity contribution in [3.05, 3.63) is 24.3 Å². The largest absolute Gasteiger partial charge is 0.497 e. The molecule has 0 amide bonds. The zero-order valence-electron chi connectivity index (χ0n) is 11.6. The predicted octanol–water partition coefficient (Wildman–Crippen LogP) is 2.48. The summed E-state index contributed by atoms with van der Waals surface area (Å²) in [6, 6.07) is 7.23. The minimum absolute atomic E-state index is 0.136. The quantitative estimate of drug-likeness (QED) is 0.534. The number of hydrogen-bond donors (Lipinski definition) is 0. The van der Waals surface area contributed by atoms with E-state index >= 15 is 0 Å². The Balaban J connectivity index is 2.67. The van der Waals surface area contributed by atoms with Crippen molar-refractivity contribution in [2.24, 2.45) is 0 Å². The van der Waals surface area contributed by atoms with E-state index < -0.39 is 5.79 Å². The molecule has 0 aromatic heterocycles. The second-order valence-electron chi connectivity index (χ2n) is 3.73. The normalized spacial score (nSPS) is 10.8. The number of terminal acetylenes is 1. The molecule has 4 heteroatoms. The van der Waals surface area contributed by atoms with Crippen LogP contribution in [0.25, 0.3) is 0 Å². The molecule has 0 fully saturated rings. The maximum absolute atomic E-state index is 5.62. The molecule has 0 aliphatic carbocycles. The molecule has 104 valence electrons. The molecule has 0 saturated heterocycles. The predicted molar refractivity (Wildman–Crippen MR) is 73.3 cm³/mol. The highest BCUT2D eigenvalue weighted by atomic mass is 16.7. The Kier molecular flexibility index (Phi) is 6.20. The van der Waals surface area contributed by atoms with Crippen molar-refractivity contribution in [1.29, 1.82) is 0 Å². The highest BCUT2D eigenvalue weighted by molar-refractivity contribution is 5.31. The minimum atomic E-state index is -1.14. The lowest BCUT2D eigenvalue weighted by atomic mass is 10.3. The fraction of sp³-hybridized carbons (Fsp3) is 0.467. The van der Waals surface area contributed by atoms with Gasteiger partial charge in [-0.1, -0.05) is 0 Å². The van der Waals surface area contributed by atoms with Crippen molar-refractivity contribution in [3.8, 4) is 23.8 Å². The van der Waals surface area contributed by atoms with Gasteiger partial charge in [-0.3, -0.25) is 0 Å². The van der Waals surface area contributed by atoms with Crippen LogP contribution in [-0.4, -0.2) is 32.7 Å². The Bertz CT molecular complexity index is 399. The molecule has 0 saturated carbocycles. The number of benzene rings is 1. The summed E-state index contributed by atoms with van der Waals surface area (Å²) in [6.07, 6.45) is 5.49. The first-order valence-electron chi connectivity index (χ1n) is 6.22. The average molecular weight is 264 g/mol. The van der Waals surface area contributed by atoms with E-state index in [-0.39, 0.29) is 6.61 Å². The van der Waals surface area contributed by atoms with Crippen LogP contribution in [0.2, 0.25) is 0 Å². The van der Waals surface area contributed by atoms with Crippen molar-refractivity contribution in [2.75, 3.05) is 26.9 Å². The van der Waals surface area contributed by atoms with E-state index in [2.05, 4.69) is 5.92 Å². The van der Waals surface area contributed by atoms with Crippen LogP contribution in [0.15, 0.2) is 24.3 Å². The van der Waals surface area contributed by atoms with Crippen LogP contribution in [0.1, 0.15) is 13.8 Å². The number of ether oxygens (including phenoxy) is 4. The molecule has 1 aromatic rings. The van der Waals surface area contributed by atoms with Crippen LogP contribution >= 0.6 is 0 Å². The second-order valence-corrected chi connectivity index (χ2v) is 3.73. The van der Waals surface area contributed by atoms with E-state index in [1.165, 1.54) is 0 Å². The Morgan fingerprint density at radius 2 is 1.58 bits per heavy atom. The lowest BCUT2D eigenvalue weighted by Crippen LogP contribution is -2.40. The fourth-order valence-corrected chi connectivity index (χ4v) is 1.57. The highest BCUT2D eigenvalue weighted by Crippen LogP contribution is 2.20. The summed E-state index contributed by atoms with van der Waals surface area (Å²) >= 11 is 0. The summed E-state index contributed by atoms with van der Waals surface area (Å²) in [5, 5.41) is 0. The first-order valence-corrected chi connectivity index (χ1v) is 6.22. The Labute approximate surface area is 114 Å². The smallest absolute Gasteiger partial charge is 0.268 e. The van der Waals surface area contributed by atoms with Crippen LogP contribution in [0, 0.1) is 12.3 Å².